The molecule has 0 bridgehead atoms. The van der Waals surface area contributed by atoms with Crippen LogP contribution in [0.2, 0.25) is 5.02 Å². The summed E-state index contributed by atoms with van der Waals surface area (Å²) in [4.78, 5) is 2.15. The van der Waals surface area contributed by atoms with Crippen LogP contribution >= 0.6 is 23.8 Å². The van der Waals surface area contributed by atoms with E-state index in [9.17, 15) is 0 Å². The minimum Gasteiger partial charge on any atom is -0.337 e. The molecule has 0 spiro atoms. The summed E-state index contributed by atoms with van der Waals surface area (Å²) < 4.78 is 2.83. The van der Waals surface area contributed by atoms with E-state index >= 15 is 0 Å². The lowest BCUT2D eigenvalue weighted by atomic mass is 10.1. The molecule has 6 heteroatoms. The maximum atomic E-state index is 5.94. The minimum atomic E-state index is 0.204. The molecule has 1 N–H and O–H groups in total. The molecule has 1 unspecified atom stereocenters. The van der Waals surface area contributed by atoms with Crippen molar-refractivity contribution in [3.05, 3.63) is 39.6 Å². The number of aromatic amines is 1. The SMILES string of the molecule is CC(c1ccc(Cl)cc1)N(C)c1n[nH]c(=S)n1C1CC1. The van der Waals surface area contributed by atoms with Crippen LogP contribution in [0.3, 0.4) is 0 Å². The van der Waals surface area contributed by atoms with Crippen LogP contribution in [0, 0.1) is 4.77 Å². The van der Waals surface area contributed by atoms with E-state index in [1.807, 2.05) is 31.3 Å². The Balaban J connectivity index is 1.90. The standard InChI is InChI=1S/C14H17ClN4S/c1-9(10-3-5-11(15)6-4-10)18(2)13-16-17-14(20)19(13)12-7-8-12/h3-6,9,12H,7-8H2,1-2H3,(H,17,20). The molecule has 106 valence electrons. The number of rotatable bonds is 4. The molecular formula is C14H17ClN4S. The van der Waals surface area contributed by atoms with Gasteiger partial charge < -0.3 is 4.90 Å². The van der Waals surface area contributed by atoms with E-state index in [0.29, 0.717) is 10.8 Å². The number of nitrogens with zero attached hydrogens (tertiary/aromatic N) is 3. The lowest BCUT2D eigenvalue weighted by molar-refractivity contribution is 0.654. The van der Waals surface area contributed by atoms with Crippen LogP contribution in [-0.2, 0) is 0 Å². The summed E-state index contributed by atoms with van der Waals surface area (Å²) in [5, 5.41) is 8.05. The van der Waals surface area contributed by atoms with Gasteiger partial charge in [0.15, 0.2) is 4.77 Å². The van der Waals surface area contributed by atoms with Crippen molar-refractivity contribution in [2.45, 2.75) is 31.8 Å². The zero-order valence-electron chi connectivity index (χ0n) is 11.5. The molecule has 2 aromatic rings. The number of nitrogens with one attached hydrogen (secondary N) is 1. The maximum Gasteiger partial charge on any atom is 0.226 e. The molecule has 0 radical (unpaired) electrons. The summed E-state index contributed by atoms with van der Waals surface area (Å²) >= 11 is 11.3. The van der Waals surface area contributed by atoms with Crippen molar-refractivity contribution in [2.24, 2.45) is 0 Å². The molecule has 4 nitrogen and oxygen atoms in total. The Morgan fingerprint density at radius 2 is 2.05 bits per heavy atom. The third-order valence-electron chi connectivity index (χ3n) is 3.85. The Labute approximate surface area is 128 Å². The van der Waals surface area contributed by atoms with Crippen molar-refractivity contribution in [1.29, 1.82) is 0 Å². The first-order chi connectivity index (χ1) is 9.58. The Hall–Kier alpha value is -1.33. The molecule has 1 heterocycles. The highest BCUT2D eigenvalue weighted by atomic mass is 35.5. The zero-order valence-corrected chi connectivity index (χ0v) is 13.1. The maximum absolute atomic E-state index is 5.94. The molecule has 3 rings (SSSR count). The second-order valence-electron chi connectivity index (χ2n) is 5.27. The van der Waals surface area contributed by atoms with Crippen LogP contribution in [0.15, 0.2) is 24.3 Å². The quantitative estimate of drug-likeness (QED) is 0.863. The molecule has 1 aromatic carbocycles. The molecule has 1 fully saturated rings. The number of halogens is 1. The van der Waals surface area contributed by atoms with Gasteiger partial charge in [0.1, 0.15) is 0 Å². The van der Waals surface area contributed by atoms with Crippen molar-refractivity contribution < 1.29 is 0 Å². The van der Waals surface area contributed by atoms with E-state index < -0.39 is 0 Å². The van der Waals surface area contributed by atoms with Gasteiger partial charge in [0, 0.05) is 18.1 Å². The average molecular weight is 309 g/mol. The Morgan fingerprint density at radius 1 is 1.40 bits per heavy atom. The van der Waals surface area contributed by atoms with Crippen LogP contribution < -0.4 is 4.90 Å². The van der Waals surface area contributed by atoms with Gasteiger partial charge in [-0.25, -0.2) is 5.10 Å². The van der Waals surface area contributed by atoms with Crippen LogP contribution in [0.1, 0.15) is 37.4 Å². The molecule has 1 aromatic heterocycles. The summed E-state index contributed by atoms with van der Waals surface area (Å²) in [6, 6.07) is 8.64. The molecule has 1 atom stereocenters. The number of anilines is 1. The van der Waals surface area contributed by atoms with Crippen molar-refractivity contribution in [3.8, 4) is 0 Å². The van der Waals surface area contributed by atoms with Crippen molar-refractivity contribution in [1.82, 2.24) is 14.8 Å². The highest BCUT2D eigenvalue weighted by Crippen LogP contribution is 2.38. The smallest absolute Gasteiger partial charge is 0.226 e. The largest absolute Gasteiger partial charge is 0.337 e. The fraction of sp³-hybridized carbons (Fsp3) is 0.429. The van der Waals surface area contributed by atoms with Gasteiger partial charge in [0.25, 0.3) is 0 Å². The van der Waals surface area contributed by atoms with E-state index in [1.54, 1.807) is 0 Å². The first kappa shape index (κ1) is 13.6. The number of aromatic nitrogens is 3. The topological polar surface area (TPSA) is 36.9 Å². The van der Waals surface area contributed by atoms with Crippen molar-refractivity contribution in [3.63, 3.8) is 0 Å². The highest BCUT2D eigenvalue weighted by Gasteiger charge is 2.29. The van der Waals surface area contributed by atoms with Crippen molar-refractivity contribution in [2.75, 3.05) is 11.9 Å². The summed E-state index contributed by atoms with van der Waals surface area (Å²) in [5.41, 5.74) is 1.20. The van der Waals surface area contributed by atoms with E-state index in [2.05, 4.69) is 26.6 Å². The number of H-pyrrole nitrogens is 1. The monoisotopic (exact) mass is 308 g/mol. The Morgan fingerprint density at radius 3 is 2.65 bits per heavy atom. The van der Waals surface area contributed by atoms with Gasteiger partial charge in [-0.1, -0.05) is 23.7 Å². The zero-order chi connectivity index (χ0) is 14.3. The Kier molecular flexibility index (Phi) is 3.56. The van der Waals surface area contributed by atoms with E-state index in [4.69, 9.17) is 23.8 Å². The molecular weight excluding hydrogens is 292 g/mol. The third kappa shape index (κ3) is 2.47. The third-order valence-corrected chi connectivity index (χ3v) is 4.39. The lowest BCUT2D eigenvalue weighted by Crippen LogP contribution is -2.25. The first-order valence-electron chi connectivity index (χ1n) is 6.73. The molecule has 1 saturated carbocycles. The Bertz CT molecular complexity index is 657. The molecule has 0 aliphatic heterocycles. The van der Waals surface area contributed by atoms with Crippen LogP contribution in [-0.4, -0.2) is 21.8 Å². The van der Waals surface area contributed by atoms with E-state index in [-0.39, 0.29) is 6.04 Å². The predicted octanol–water partition coefficient (Wildman–Crippen LogP) is 4.13. The summed E-state index contributed by atoms with van der Waals surface area (Å²) in [6.07, 6.45) is 2.37. The van der Waals surface area contributed by atoms with Gasteiger partial charge in [-0.3, -0.25) is 4.57 Å². The number of hydrogen-bond donors (Lipinski definition) is 1. The number of benzene rings is 1. The normalized spacial score (nSPS) is 16.1. The molecule has 1 aliphatic carbocycles. The highest BCUT2D eigenvalue weighted by molar-refractivity contribution is 7.71. The fourth-order valence-electron chi connectivity index (χ4n) is 2.35. The average Bonchev–Trinajstić information content (AvgIpc) is 3.21. The van der Waals surface area contributed by atoms with Gasteiger partial charge >= 0.3 is 0 Å². The van der Waals surface area contributed by atoms with Gasteiger partial charge in [-0.05, 0) is 49.7 Å². The van der Waals surface area contributed by atoms with E-state index in [0.717, 1.165) is 11.0 Å². The molecule has 0 amide bonds. The molecule has 20 heavy (non-hydrogen) atoms. The second kappa shape index (κ2) is 5.22. The van der Waals surface area contributed by atoms with Gasteiger partial charge in [0.05, 0.1) is 6.04 Å². The second-order valence-corrected chi connectivity index (χ2v) is 6.09. The lowest BCUT2D eigenvalue weighted by Gasteiger charge is -2.26. The van der Waals surface area contributed by atoms with Crippen molar-refractivity contribution >= 4 is 29.8 Å². The molecule has 0 saturated heterocycles. The summed E-state index contributed by atoms with van der Waals surface area (Å²) in [7, 11) is 2.04. The minimum absolute atomic E-state index is 0.204. The van der Waals surface area contributed by atoms with Crippen LogP contribution in [0.5, 0.6) is 0 Å². The van der Waals surface area contributed by atoms with Crippen LogP contribution in [0.4, 0.5) is 5.95 Å². The van der Waals surface area contributed by atoms with Gasteiger partial charge in [0.2, 0.25) is 5.95 Å². The fourth-order valence-corrected chi connectivity index (χ4v) is 2.75. The number of hydrogen-bond acceptors (Lipinski definition) is 3. The van der Waals surface area contributed by atoms with E-state index in [1.165, 1.54) is 18.4 Å². The summed E-state index contributed by atoms with van der Waals surface area (Å²) in [5.74, 6) is 0.903. The van der Waals surface area contributed by atoms with Gasteiger partial charge in [-0.15, -0.1) is 5.10 Å². The first-order valence-corrected chi connectivity index (χ1v) is 7.51. The molecule has 1 aliphatic rings. The predicted molar refractivity (Wildman–Crippen MR) is 84.0 cm³/mol. The van der Waals surface area contributed by atoms with Crippen LogP contribution in [0.25, 0.3) is 0 Å². The van der Waals surface area contributed by atoms with Gasteiger partial charge in [-0.2, -0.15) is 0 Å². The summed E-state index contributed by atoms with van der Waals surface area (Å²) in [6.45, 7) is 2.15.